The monoisotopic (exact) mass is 401 g/mol. The van der Waals surface area contributed by atoms with Gasteiger partial charge in [-0.1, -0.05) is 63.9 Å². The summed E-state index contributed by atoms with van der Waals surface area (Å²) in [4.78, 5) is 2.25. The number of hydrogen-bond donors (Lipinski definition) is 0. The van der Waals surface area contributed by atoms with Gasteiger partial charge in [0.15, 0.2) is 6.79 Å². The Kier molecular flexibility index (Phi) is 8.07. The first kappa shape index (κ1) is 22.9. The fourth-order valence-corrected chi connectivity index (χ4v) is 5.20. The summed E-state index contributed by atoms with van der Waals surface area (Å²) in [5.74, 6) is 0.977. The Hall–Kier alpha value is -1.41. The van der Waals surface area contributed by atoms with Crippen LogP contribution in [0.3, 0.4) is 0 Å². The molecular weight excluding hydrogens is 365 g/mol. The lowest BCUT2D eigenvalue weighted by molar-refractivity contribution is 0.0495. The van der Waals surface area contributed by atoms with Crippen molar-refractivity contribution in [1.82, 2.24) is 4.90 Å². The van der Waals surface area contributed by atoms with Crippen LogP contribution in [0.5, 0.6) is 5.75 Å². The van der Waals surface area contributed by atoms with Gasteiger partial charge in [-0.15, -0.1) is 0 Å². The Bertz CT molecular complexity index is 803. The molecule has 2 aromatic carbocycles. The van der Waals surface area contributed by atoms with E-state index < -0.39 is 0 Å². The highest BCUT2D eigenvalue weighted by atomic mass is 31.1. The third-order valence-electron chi connectivity index (χ3n) is 5.20. The highest BCUT2D eigenvalue weighted by Gasteiger charge is 2.30. The minimum atomic E-state index is 0.0101. The lowest BCUT2D eigenvalue weighted by Crippen LogP contribution is -2.24. The van der Waals surface area contributed by atoms with Crippen molar-refractivity contribution in [2.24, 2.45) is 0 Å². The molecule has 0 aliphatic carbocycles. The number of aryl methyl sites for hydroxylation is 3. The van der Waals surface area contributed by atoms with Crippen molar-refractivity contribution in [2.45, 2.75) is 52.7 Å². The van der Waals surface area contributed by atoms with Crippen molar-refractivity contribution in [3.8, 4) is 5.75 Å². The van der Waals surface area contributed by atoms with Crippen LogP contribution in [0.25, 0.3) is 0 Å². The predicted octanol–water partition coefficient (Wildman–Crippen LogP) is 5.29. The van der Waals surface area contributed by atoms with Gasteiger partial charge >= 0.3 is 0 Å². The topological polar surface area (TPSA) is 21.7 Å². The molecule has 0 spiro atoms. The molecule has 2 atom stereocenters. The second-order valence-electron chi connectivity index (χ2n) is 8.22. The van der Waals surface area contributed by atoms with Crippen LogP contribution in [0.1, 0.15) is 48.1 Å². The average molecular weight is 402 g/mol. The number of rotatable bonds is 9. The Morgan fingerprint density at radius 2 is 1.75 bits per heavy atom. The lowest BCUT2D eigenvalue weighted by atomic mass is 9.92. The van der Waals surface area contributed by atoms with Gasteiger partial charge in [-0.05, 0) is 57.7 Å². The molecule has 2 unspecified atom stereocenters. The van der Waals surface area contributed by atoms with Crippen molar-refractivity contribution >= 4 is 13.9 Å². The molecule has 0 saturated heterocycles. The SMILES string of the molecule is CCC(C)(Pc1ccc(C)cc1CN(C)C)c1cc(C)cc(C)c1OCOC. The molecule has 2 aromatic rings. The molecule has 0 heterocycles. The minimum absolute atomic E-state index is 0.0101. The highest BCUT2D eigenvalue weighted by Crippen LogP contribution is 2.49. The predicted molar refractivity (Wildman–Crippen MR) is 123 cm³/mol. The highest BCUT2D eigenvalue weighted by molar-refractivity contribution is 7.48. The van der Waals surface area contributed by atoms with Crippen molar-refractivity contribution in [1.29, 1.82) is 0 Å². The van der Waals surface area contributed by atoms with Crippen LogP contribution in [-0.4, -0.2) is 32.9 Å². The molecule has 0 amide bonds. The Balaban J connectivity index is 2.52. The summed E-state index contributed by atoms with van der Waals surface area (Å²) < 4.78 is 11.2. The largest absolute Gasteiger partial charge is 0.467 e. The van der Waals surface area contributed by atoms with Gasteiger partial charge < -0.3 is 14.4 Å². The molecular formula is C24H36NO2P. The van der Waals surface area contributed by atoms with E-state index in [1.165, 1.54) is 33.1 Å². The van der Waals surface area contributed by atoms with Gasteiger partial charge in [0.2, 0.25) is 0 Å². The van der Waals surface area contributed by atoms with E-state index in [4.69, 9.17) is 9.47 Å². The molecule has 0 radical (unpaired) electrons. The maximum atomic E-state index is 6.05. The minimum Gasteiger partial charge on any atom is -0.467 e. The van der Waals surface area contributed by atoms with Crippen LogP contribution in [0.15, 0.2) is 30.3 Å². The summed E-state index contributed by atoms with van der Waals surface area (Å²) in [7, 11) is 6.61. The normalized spacial score (nSPS) is 14.0. The van der Waals surface area contributed by atoms with Gasteiger partial charge in [-0.3, -0.25) is 0 Å². The molecule has 4 heteroatoms. The van der Waals surface area contributed by atoms with Crippen LogP contribution in [0.2, 0.25) is 0 Å². The maximum absolute atomic E-state index is 6.05. The molecule has 0 bridgehead atoms. The summed E-state index contributed by atoms with van der Waals surface area (Å²) >= 11 is 0. The fraction of sp³-hybridized carbons (Fsp3) is 0.500. The first-order valence-corrected chi connectivity index (χ1v) is 11.0. The van der Waals surface area contributed by atoms with Crippen LogP contribution in [0, 0.1) is 20.8 Å². The van der Waals surface area contributed by atoms with Crippen LogP contribution >= 0.6 is 8.58 Å². The molecule has 2 rings (SSSR count). The molecule has 154 valence electrons. The van der Waals surface area contributed by atoms with Crippen molar-refractivity contribution in [3.05, 3.63) is 58.1 Å². The van der Waals surface area contributed by atoms with Crippen molar-refractivity contribution < 1.29 is 9.47 Å². The summed E-state index contributed by atoms with van der Waals surface area (Å²) in [6.45, 7) is 12.4. The van der Waals surface area contributed by atoms with E-state index in [1.807, 2.05) is 0 Å². The van der Waals surface area contributed by atoms with E-state index in [2.05, 4.69) is 83.9 Å². The van der Waals surface area contributed by atoms with Crippen LogP contribution in [0.4, 0.5) is 0 Å². The zero-order valence-electron chi connectivity index (χ0n) is 18.8. The Labute approximate surface area is 173 Å². The lowest BCUT2D eigenvalue weighted by Gasteiger charge is -2.33. The molecule has 0 saturated carbocycles. The van der Waals surface area contributed by atoms with E-state index in [0.717, 1.165) is 18.7 Å². The zero-order valence-corrected chi connectivity index (χ0v) is 19.8. The van der Waals surface area contributed by atoms with E-state index in [0.29, 0.717) is 8.58 Å². The second-order valence-corrected chi connectivity index (χ2v) is 10.1. The van der Waals surface area contributed by atoms with Crippen LogP contribution in [-0.2, 0) is 16.4 Å². The molecule has 0 aromatic heterocycles. The first-order chi connectivity index (χ1) is 13.2. The summed E-state index contributed by atoms with van der Waals surface area (Å²) in [5.41, 5.74) is 6.48. The van der Waals surface area contributed by atoms with E-state index >= 15 is 0 Å². The van der Waals surface area contributed by atoms with E-state index in [-0.39, 0.29) is 11.9 Å². The molecule has 0 N–H and O–H groups in total. The number of hydrogen-bond acceptors (Lipinski definition) is 3. The third kappa shape index (κ3) is 5.56. The van der Waals surface area contributed by atoms with E-state index in [1.54, 1.807) is 7.11 Å². The van der Waals surface area contributed by atoms with Crippen molar-refractivity contribution in [3.63, 3.8) is 0 Å². The van der Waals surface area contributed by atoms with Gasteiger partial charge in [-0.25, -0.2) is 0 Å². The number of methoxy groups -OCH3 is 1. The van der Waals surface area contributed by atoms with Crippen LogP contribution < -0.4 is 10.0 Å². The summed E-state index contributed by atoms with van der Waals surface area (Å²) in [5, 5.41) is 1.46. The van der Waals surface area contributed by atoms with Gasteiger partial charge in [0.1, 0.15) is 5.75 Å². The Morgan fingerprint density at radius 1 is 1.04 bits per heavy atom. The Morgan fingerprint density at radius 3 is 2.36 bits per heavy atom. The quantitative estimate of drug-likeness (QED) is 0.421. The molecule has 3 nitrogen and oxygen atoms in total. The van der Waals surface area contributed by atoms with E-state index in [9.17, 15) is 0 Å². The third-order valence-corrected chi connectivity index (χ3v) is 7.13. The smallest absolute Gasteiger partial charge is 0.188 e. The average Bonchev–Trinajstić information content (AvgIpc) is 2.62. The zero-order chi connectivity index (χ0) is 20.9. The van der Waals surface area contributed by atoms with Gasteiger partial charge in [0.25, 0.3) is 0 Å². The van der Waals surface area contributed by atoms with Gasteiger partial charge in [0, 0.05) is 24.4 Å². The molecule has 0 aliphatic rings. The second kappa shape index (κ2) is 9.87. The number of ether oxygens (including phenoxy) is 2. The van der Waals surface area contributed by atoms with Gasteiger partial charge in [0.05, 0.1) is 0 Å². The number of benzene rings is 2. The molecule has 0 fully saturated rings. The number of nitrogens with zero attached hydrogens (tertiary/aromatic N) is 1. The summed E-state index contributed by atoms with van der Waals surface area (Å²) in [6, 6.07) is 11.4. The maximum Gasteiger partial charge on any atom is 0.188 e. The fourth-order valence-electron chi connectivity index (χ4n) is 3.63. The van der Waals surface area contributed by atoms with Crippen molar-refractivity contribution in [2.75, 3.05) is 28.0 Å². The first-order valence-electron chi connectivity index (χ1n) is 9.96. The summed E-state index contributed by atoms with van der Waals surface area (Å²) in [6.07, 6.45) is 1.05. The molecule has 0 aliphatic heterocycles. The molecule has 28 heavy (non-hydrogen) atoms. The van der Waals surface area contributed by atoms with Gasteiger partial charge in [-0.2, -0.15) is 0 Å². The standard InChI is InChI=1S/C24H36NO2P/c1-9-24(5,21-14-18(3)12-19(4)23(21)27-16-26-8)28-22-11-10-17(2)13-20(22)15-25(6)7/h10-14,28H,9,15-16H2,1-8H3.